The van der Waals surface area contributed by atoms with E-state index in [4.69, 9.17) is 4.74 Å². The van der Waals surface area contributed by atoms with Gasteiger partial charge in [-0.05, 0) is 13.8 Å². The van der Waals surface area contributed by atoms with Crippen molar-refractivity contribution in [3.63, 3.8) is 0 Å². The minimum absolute atomic E-state index is 0.141. The highest BCUT2D eigenvalue weighted by Gasteiger charge is 1.97. The summed E-state index contributed by atoms with van der Waals surface area (Å²) in [6, 6.07) is 0. The molecule has 0 aromatic rings. The van der Waals surface area contributed by atoms with Gasteiger partial charge in [0.1, 0.15) is 5.76 Å². The summed E-state index contributed by atoms with van der Waals surface area (Å²) in [4.78, 5) is 10.8. The summed E-state index contributed by atoms with van der Waals surface area (Å²) in [6.45, 7) is 3.92. The first-order valence-corrected chi connectivity index (χ1v) is 3.67. The summed E-state index contributed by atoms with van der Waals surface area (Å²) in [7, 11) is 1.51. The van der Waals surface area contributed by atoms with Crippen molar-refractivity contribution < 1.29 is 19.0 Å². The van der Waals surface area contributed by atoms with E-state index in [1.807, 2.05) is 0 Å². The fraction of sp³-hybridized carbons (Fsp3) is 0.625. The van der Waals surface area contributed by atoms with Crippen molar-refractivity contribution in [2.45, 2.75) is 13.8 Å². The van der Waals surface area contributed by atoms with Gasteiger partial charge in [-0.15, -0.1) is 0 Å². The normalized spacial score (nSPS) is 11.1. The molecule has 0 heterocycles. The van der Waals surface area contributed by atoms with Crippen molar-refractivity contribution in [2.75, 3.05) is 20.5 Å². The number of ether oxygens (including phenoxy) is 3. The van der Waals surface area contributed by atoms with Gasteiger partial charge in [0.2, 0.25) is 0 Å². The second kappa shape index (κ2) is 6.67. The molecule has 0 aromatic carbocycles. The van der Waals surface area contributed by atoms with E-state index >= 15 is 0 Å². The first-order chi connectivity index (χ1) is 5.70. The molecule has 0 saturated carbocycles. The summed E-state index contributed by atoms with van der Waals surface area (Å²) in [5.74, 6) is 0.0846. The number of rotatable bonds is 5. The fourth-order valence-electron chi connectivity index (χ4n) is 0.543. The molecule has 0 spiro atoms. The van der Waals surface area contributed by atoms with Crippen LogP contribution in [0.5, 0.6) is 0 Å². The summed E-state index contributed by atoms with van der Waals surface area (Å²) in [5.41, 5.74) is 0. The molecule has 0 radical (unpaired) electrons. The van der Waals surface area contributed by atoms with Crippen LogP contribution in [0.4, 0.5) is 0 Å². The lowest BCUT2D eigenvalue weighted by atomic mass is 10.5. The number of methoxy groups -OCH3 is 1. The molecule has 12 heavy (non-hydrogen) atoms. The Balaban J connectivity index is 3.72. The van der Waals surface area contributed by atoms with E-state index < -0.39 is 5.97 Å². The molecule has 0 saturated heterocycles. The number of carbonyl (C=O) groups excluding carboxylic acids is 1. The van der Waals surface area contributed by atoms with E-state index in [0.29, 0.717) is 12.4 Å². The van der Waals surface area contributed by atoms with Crippen molar-refractivity contribution in [3.8, 4) is 0 Å². The van der Waals surface area contributed by atoms with E-state index in [-0.39, 0.29) is 6.79 Å². The smallest absolute Gasteiger partial charge is 0.334 e. The van der Waals surface area contributed by atoms with Crippen molar-refractivity contribution in [2.24, 2.45) is 0 Å². The minimum atomic E-state index is -0.397. The third kappa shape index (κ3) is 5.73. The molecule has 0 bridgehead atoms. The van der Waals surface area contributed by atoms with Gasteiger partial charge in [0.15, 0.2) is 6.79 Å². The standard InChI is InChI=1S/C8H14O4/c1-4-11-8(9)5-7(2)12-6-10-3/h5H,4,6H2,1-3H3/b7-5-. The van der Waals surface area contributed by atoms with Gasteiger partial charge in [-0.3, -0.25) is 0 Å². The molecule has 0 fully saturated rings. The van der Waals surface area contributed by atoms with Crippen LogP contribution in [0.1, 0.15) is 13.8 Å². The lowest BCUT2D eigenvalue weighted by Gasteiger charge is -2.03. The van der Waals surface area contributed by atoms with Crippen LogP contribution in [0.2, 0.25) is 0 Å². The molecule has 0 atom stereocenters. The largest absolute Gasteiger partial charge is 0.472 e. The van der Waals surface area contributed by atoms with Gasteiger partial charge >= 0.3 is 5.97 Å². The van der Waals surface area contributed by atoms with Crippen molar-refractivity contribution in [1.82, 2.24) is 0 Å². The summed E-state index contributed by atoms with van der Waals surface area (Å²) in [6.07, 6.45) is 1.28. The second-order valence-electron chi connectivity index (χ2n) is 2.06. The number of carbonyl (C=O) groups is 1. The molecule has 0 unspecified atom stereocenters. The first kappa shape index (κ1) is 11.0. The molecular weight excluding hydrogens is 160 g/mol. The molecular formula is C8H14O4. The Labute approximate surface area is 72.1 Å². The third-order valence-electron chi connectivity index (χ3n) is 1.01. The lowest BCUT2D eigenvalue weighted by Crippen LogP contribution is -2.02. The molecule has 70 valence electrons. The maximum absolute atomic E-state index is 10.8. The quantitative estimate of drug-likeness (QED) is 0.271. The van der Waals surface area contributed by atoms with Crippen LogP contribution in [0.15, 0.2) is 11.8 Å². The highest BCUT2D eigenvalue weighted by atomic mass is 16.7. The molecule has 0 aliphatic carbocycles. The van der Waals surface area contributed by atoms with E-state index in [1.165, 1.54) is 13.2 Å². The molecule has 4 heteroatoms. The maximum atomic E-state index is 10.8. The van der Waals surface area contributed by atoms with Crippen LogP contribution in [0.25, 0.3) is 0 Å². The summed E-state index contributed by atoms with van der Waals surface area (Å²) >= 11 is 0. The SMILES string of the molecule is CCOC(=O)/C=C(/C)OCOC. The van der Waals surface area contributed by atoms with E-state index in [1.54, 1.807) is 13.8 Å². The first-order valence-electron chi connectivity index (χ1n) is 3.67. The third-order valence-corrected chi connectivity index (χ3v) is 1.01. The van der Waals surface area contributed by atoms with Gasteiger partial charge in [-0.25, -0.2) is 4.79 Å². The minimum Gasteiger partial charge on any atom is -0.472 e. The number of allylic oxidation sites excluding steroid dienone is 1. The van der Waals surface area contributed by atoms with Gasteiger partial charge in [0, 0.05) is 7.11 Å². The predicted octanol–water partition coefficient (Wildman–Crippen LogP) is 1.07. The van der Waals surface area contributed by atoms with Crippen molar-refractivity contribution >= 4 is 5.97 Å². The van der Waals surface area contributed by atoms with Crippen LogP contribution >= 0.6 is 0 Å². The Morgan fingerprint density at radius 3 is 2.58 bits per heavy atom. The van der Waals surface area contributed by atoms with Crippen molar-refractivity contribution in [3.05, 3.63) is 11.8 Å². The fourth-order valence-corrected chi connectivity index (χ4v) is 0.543. The predicted molar refractivity (Wildman–Crippen MR) is 43.4 cm³/mol. The molecule has 0 aliphatic heterocycles. The van der Waals surface area contributed by atoms with Crippen LogP contribution in [-0.2, 0) is 19.0 Å². The highest BCUT2D eigenvalue weighted by molar-refractivity contribution is 5.82. The van der Waals surface area contributed by atoms with Gasteiger partial charge in [0.25, 0.3) is 0 Å². The maximum Gasteiger partial charge on any atom is 0.334 e. The Morgan fingerprint density at radius 1 is 1.42 bits per heavy atom. The highest BCUT2D eigenvalue weighted by Crippen LogP contribution is 1.95. The molecule has 0 aromatic heterocycles. The Hall–Kier alpha value is -1.03. The lowest BCUT2D eigenvalue weighted by molar-refractivity contribution is -0.137. The van der Waals surface area contributed by atoms with Crippen LogP contribution in [0, 0.1) is 0 Å². The molecule has 0 amide bonds. The van der Waals surface area contributed by atoms with Gasteiger partial charge in [-0.1, -0.05) is 0 Å². The second-order valence-corrected chi connectivity index (χ2v) is 2.06. The Bertz CT molecular complexity index is 162. The van der Waals surface area contributed by atoms with E-state index in [0.717, 1.165) is 0 Å². The Morgan fingerprint density at radius 2 is 2.08 bits per heavy atom. The summed E-state index contributed by atoms with van der Waals surface area (Å²) in [5, 5.41) is 0. The molecule has 4 nitrogen and oxygen atoms in total. The zero-order chi connectivity index (χ0) is 9.40. The summed E-state index contributed by atoms with van der Waals surface area (Å²) < 4.78 is 14.2. The topological polar surface area (TPSA) is 44.8 Å². The molecule has 0 aliphatic rings. The van der Waals surface area contributed by atoms with Gasteiger partial charge < -0.3 is 14.2 Å². The van der Waals surface area contributed by atoms with Crippen LogP contribution in [0.3, 0.4) is 0 Å². The zero-order valence-electron chi connectivity index (χ0n) is 7.62. The number of hydrogen-bond acceptors (Lipinski definition) is 4. The number of esters is 1. The van der Waals surface area contributed by atoms with Crippen molar-refractivity contribution in [1.29, 1.82) is 0 Å². The van der Waals surface area contributed by atoms with Gasteiger partial charge in [-0.2, -0.15) is 0 Å². The van der Waals surface area contributed by atoms with E-state index in [9.17, 15) is 4.79 Å². The van der Waals surface area contributed by atoms with E-state index in [2.05, 4.69) is 9.47 Å². The average molecular weight is 174 g/mol. The Kier molecular flexibility index (Phi) is 6.09. The zero-order valence-corrected chi connectivity index (χ0v) is 7.62. The molecule has 0 N–H and O–H groups in total. The monoisotopic (exact) mass is 174 g/mol. The number of hydrogen-bond donors (Lipinski definition) is 0. The average Bonchev–Trinajstić information content (AvgIpc) is 2.01. The van der Waals surface area contributed by atoms with Crippen LogP contribution < -0.4 is 0 Å². The van der Waals surface area contributed by atoms with Crippen LogP contribution in [-0.4, -0.2) is 26.5 Å². The molecule has 0 rings (SSSR count). The van der Waals surface area contributed by atoms with Gasteiger partial charge in [0.05, 0.1) is 12.7 Å².